The number of halogens is 2. The summed E-state index contributed by atoms with van der Waals surface area (Å²) in [5, 5.41) is 14.5. The van der Waals surface area contributed by atoms with Crippen LogP contribution in [0, 0.1) is 10.1 Å². The maximum absolute atomic E-state index is 11.8. The van der Waals surface area contributed by atoms with Gasteiger partial charge in [-0.05, 0) is 24.3 Å². The monoisotopic (exact) mass is 357 g/mol. The first-order chi connectivity index (χ1) is 10.4. The number of nitrogens with one attached hydrogen (secondary N) is 1. The van der Waals surface area contributed by atoms with Crippen molar-refractivity contribution in [3.63, 3.8) is 0 Å². The molecular weight excluding hydrogens is 349 g/mol. The van der Waals surface area contributed by atoms with E-state index >= 15 is 0 Å². The summed E-state index contributed by atoms with van der Waals surface area (Å²) in [7, 11) is 0. The van der Waals surface area contributed by atoms with Crippen LogP contribution in [0.5, 0.6) is 0 Å². The lowest BCUT2D eigenvalue weighted by molar-refractivity contribution is -0.385. The van der Waals surface area contributed by atoms with Crippen LogP contribution in [0.2, 0.25) is 10.0 Å². The Labute approximate surface area is 140 Å². The molecule has 0 bridgehead atoms. The van der Waals surface area contributed by atoms with E-state index in [4.69, 9.17) is 23.2 Å². The SMILES string of the molecule is O=C(CSc1ccc([N+](=O)[O-])cn1)Nc1cc(Cl)cc(Cl)c1. The average Bonchev–Trinajstić information content (AvgIpc) is 2.44. The van der Waals surface area contributed by atoms with E-state index < -0.39 is 4.92 Å². The van der Waals surface area contributed by atoms with Gasteiger partial charge >= 0.3 is 0 Å². The maximum Gasteiger partial charge on any atom is 0.287 e. The van der Waals surface area contributed by atoms with Crippen LogP contribution in [0.15, 0.2) is 41.6 Å². The van der Waals surface area contributed by atoms with Gasteiger partial charge in [-0.2, -0.15) is 0 Å². The van der Waals surface area contributed by atoms with Gasteiger partial charge in [0.05, 0.1) is 15.7 Å². The van der Waals surface area contributed by atoms with E-state index in [0.29, 0.717) is 20.8 Å². The third-order valence-corrected chi connectivity index (χ3v) is 3.81. The normalized spacial score (nSPS) is 10.3. The molecular formula is C13H9Cl2N3O3S. The van der Waals surface area contributed by atoms with E-state index in [1.165, 1.54) is 12.1 Å². The molecule has 0 aliphatic rings. The van der Waals surface area contributed by atoms with Gasteiger partial charge in [-0.3, -0.25) is 14.9 Å². The fraction of sp³-hybridized carbons (Fsp3) is 0.0769. The van der Waals surface area contributed by atoms with E-state index in [9.17, 15) is 14.9 Å². The Balaban J connectivity index is 1.91. The fourth-order valence-electron chi connectivity index (χ4n) is 1.53. The lowest BCUT2D eigenvalue weighted by Gasteiger charge is -2.06. The minimum atomic E-state index is -0.531. The smallest absolute Gasteiger partial charge is 0.287 e. The Hall–Kier alpha value is -1.83. The number of benzene rings is 1. The molecule has 0 atom stereocenters. The number of nitro groups is 1. The van der Waals surface area contributed by atoms with Crippen molar-refractivity contribution in [2.45, 2.75) is 5.03 Å². The van der Waals surface area contributed by atoms with Crippen molar-refractivity contribution in [1.29, 1.82) is 0 Å². The molecule has 0 fully saturated rings. The van der Waals surface area contributed by atoms with Crippen LogP contribution < -0.4 is 5.32 Å². The predicted molar refractivity (Wildman–Crippen MR) is 86.7 cm³/mol. The summed E-state index contributed by atoms with van der Waals surface area (Å²) < 4.78 is 0. The molecule has 1 aromatic carbocycles. The van der Waals surface area contributed by atoms with Gasteiger partial charge in [0.1, 0.15) is 6.20 Å². The van der Waals surface area contributed by atoms with E-state index in [-0.39, 0.29) is 17.3 Å². The van der Waals surface area contributed by atoms with Gasteiger partial charge in [0.2, 0.25) is 5.91 Å². The van der Waals surface area contributed by atoms with E-state index in [1.54, 1.807) is 18.2 Å². The summed E-state index contributed by atoms with van der Waals surface area (Å²) in [6, 6.07) is 7.56. The number of thioether (sulfide) groups is 1. The van der Waals surface area contributed by atoms with Crippen LogP contribution in [0.25, 0.3) is 0 Å². The molecule has 0 saturated heterocycles. The predicted octanol–water partition coefficient (Wildman–Crippen LogP) is 4.03. The molecule has 1 heterocycles. The molecule has 1 aromatic heterocycles. The van der Waals surface area contributed by atoms with Crippen LogP contribution >= 0.6 is 35.0 Å². The van der Waals surface area contributed by atoms with Crippen molar-refractivity contribution in [2.75, 3.05) is 11.1 Å². The highest BCUT2D eigenvalue weighted by Gasteiger charge is 2.08. The number of carbonyl (C=O) groups excluding carboxylic acids is 1. The van der Waals surface area contributed by atoms with Crippen molar-refractivity contribution >= 4 is 52.2 Å². The molecule has 1 N–H and O–H groups in total. The van der Waals surface area contributed by atoms with E-state index in [2.05, 4.69) is 10.3 Å². The zero-order chi connectivity index (χ0) is 16.1. The van der Waals surface area contributed by atoms with Crippen molar-refractivity contribution in [1.82, 2.24) is 4.98 Å². The maximum atomic E-state index is 11.8. The summed E-state index contributed by atoms with van der Waals surface area (Å²) in [4.78, 5) is 25.7. The highest BCUT2D eigenvalue weighted by Crippen LogP contribution is 2.23. The van der Waals surface area contributed by atoms with Gasteiger partial charge in [0.25, 0.3) is 5.69 Å². The first kappa shape index (κ1) is 16.5. The third-order valence-electron chi connectivity index (χ3n) is 2.43. The number of hydrogen-bond acceptors (Lipinski definition) is 5. The number of aromatic nitrogens is 1. The lowest BCUT2D eigenvalue weighted by atomic mass is 10.3. The number of rotatable bonds is 5. The van der Waals surface area contributed by atoms with Crippen LogP contribution in [0.3, 0.4) is 0 Å². The van der Waals surface area contributed by atoms with E-state index in [1.807, 2.05) is 0 Å². The van der Waals surface area contributed by atoms with Crippen LogP contribution in [-0.4, -0.2) is 21.6 Å². The number of hydrogen-bond donors (Lipinski definition) is 1. The van der Waals surface area contributed by atoms with E-state index in [0.717, 1.165) is 18.0 Å². The van der Waals surface area contributed by atoms with Crippen molar-refractivity contribution in [2.24, 2.45) is 0 Å². The molecule has 0 radical (unpaired) electrons. The first-order valence-electron chi connectivity index (χ1n) is 5.93. The topological polar surface area (TPSA) is 85.1 Å². The summed E-state index contributed by atoms with van der Waals surface area (Å²) in [6.45, 7) is 0. The number of carbonyl (C=O) groups is 1. The molecule has 2 aromatic rings. The molecule has 22 heavy (non-hydrogen) atoms. The first-order valence-corrected chi connectivity index (χ1v) is 7.67. The largest absolute Gasteiger partial charge is 0.325 e. The van der Waals surface area contributed by atoms with Gasteiger partial charge < -0.3 is 5.32 Å². The van der Waals surface area contributed by atoms with Gasteiger partial charge in [0.15, 0.2) is 0 Å². The quantitative estimate of drug-likeness (QED) is 0.496. The van der Waals surface area contributed by atoms with Crippen molar-refractivity contribution in [3.8, 4) is 0 Å². The molecule has 0 saturated carbocycles. The molecule has 114 valence electrons. The second-order valence-corrected chi connectivity index (χ2v) is 5.98. The minimum absolute atomic E-state index is 0.0950. The fourth-order valence-corrected chi connectivity index (χ4v) is 2.70. The summed E-state index contributed by atoms with van der Waals surface area (Å²) in [6.07, 6.45) is 1.15. The second-order valence-electron chi connectivity index (χ2n) is 4.11. The molecule has 9 heteroatoms. The number of anilines is 1. The number of pyridine rings is 1. The molecule has 0 spiro atoms. The summed E-state index contributed by atoms with van der Waals surface area (Å²) in [5.74, 6) is -0.155. The summed E-state index contributed by atoms with van der Waals surface area (Å²) >= 11 is 12.8. The standard InChI is InChI=1S/C13H9Cl2N3O3S/c14-8-3-9(15)5-10(4-8)17-12(19)7-22-13-2-1-11(6-16-13)18(20)21/h1-6H,7H2,(H,17,19). The Morgan fingerprint density at radius 1 is 1.27 bits per heavy atom. The third kappa shape index (κ3) is 4.87. The molecule has 0 aliphatic heterocycles. The summed E-state index contributed by atoms with van der Waals surface area (Å²) in [5.41, 5.74) is 0.405. The van der Waals surface area contributed by atoms with Crippen LogP contribution in [0.1, 0.15) is 0 Å². The Kier molecular flexibility index (Phi) is 5.59. The number of amides is 1. The van der Waals surface area contributed by atoms with Gasteiger partial charge in [0, 0.05) is 21.8 Å². The highest BCUT2D eigenvalue weighted by molar-refractivity contribution is 7.99. The molecule has 0 unspecified atom stereocenters. The molecule has 0 aliphatic carbocycles. The highest BCUT2D eigenvalue weighted by atomic mass is 35.5. The van der Waals surface area contributed by atoms with Crippen molar-refractivity contribution in [3.05, 3.63) is 56.7 Å². The minimum Gasteiger partial charge on any atom is -0.325 e. The second kappa shape index (κ2) is 7.44. The molecule has 2 rings (SSSR count). The van der Waals surface area contributed by atoms with Gasteiger partial charge in [-0.15, -0.1) is 0 Å². The molecule has 6 nitrogen and oxygen atoms in total. The van der Waals surface area contributed by atoms with Gasteiger partial charge in [-0.25, -0.2) is 4.98 Å². The average molecular weight is 358 g/mol. The lowest BCUT2D eigenvalue weighted by Crippen LogP contribution is -2.14. The molecule has 1 amide bonds. The van der Waals surface area contributed by atoms with Crippen LogP contribution in [-0.2, 0) is 4.79 Å². The zero-order valence-electron chi connectivity index (χ0n) is 11.0. The van der Waals surface area contributed by atoms with Crippen LogP contribution in [0.4, 0.5) is 11.4 Å². The number of nitrogens with zero attached hydrogens (tertiary/aromatic N) is 2. The Bertz CT molecular complexity index is 690. The zero-order valence-corrected chi connectivity index (χ0v) is 13.3. The van der Waals surface area contributed by atoms with Crippen molar-refractivity contribution < 1.29 is 9.72 Å². The Morgan fingerprint density at radius 3 is 2.50 bits per heavy atom. The van der Waals surface area contributed by atoms with Gasteiger partial charge in [-0.1, -0.05) is 35.0 Å². The Morgan fingerprint density at radius 2 is 1.95 bits per heavy atom.